The number of nitrogens with zero attached hydrogens (tertiary/aromatic N) is 2. The molecule has 2 heterocycles. The third-order valence-electron chi connectivity index (χ3n) is 2.91. The van der Waals surface area contributed by atoms with Gasteiger partial charge in [-0.25, -0.2) is 4.98 Å². The van der Waals surface area contributed by atoms with Crippen LogP contribution >= 0.6 is 11.3 Å². The van der Waals surface area contributed by atoms with Gasteiger partial charge in [0.05, 0.1) is 22.9 Å². The first-order valence-electron chi connectivity index (χ1n) is 6.56. The van der Waals surface area contributed by atoms with Crippen LogP contribution in [0.15, 0.2) is 18.5 Å². The van der Waals surface area contributed by atoms with E-state index in [-0.39, 0.29) is 12.5 Å². The van der Waals surface area contributed by atoms with Crippen LogP contribution in [0.3, 0.4) is 0 Å². The highest BCUT2D eigenvalue weighted by Gasteiger charge is 2.12. The second kappa shape index (κ2) is 7.07. The lowest BCUT2D eigenvalue weighted by molar-refractivity contribution is 0.0953. The number of nitrogens with one attached hydrogen (secondary N) is 1. The lowest BCUT2D eigenvalue weighted by Crippen LogP contribution is -2.23. The van der Waals surface area contributed by atoms with Gasteiger partial charge in [0.25, 0.3) is 5.91 Å². The van der Waals surface area contributed by atoms with Crippen molar-refractivity contribution in [1.82, 2.24) is 14.9 Å². The number of aliphatic hydroxyl groups excluding tert-OH is 1. The number of imidazole rings is 1. The Bertz CT molecular complexity index is 691. The quantitative estimate of drug-likeness (QED) is 0.840. The Balaban J connectivity index is 2.02. The van der Waals surface area contributed by atoms with Crippen molar-refractivity contribution in [2.24, 2.45) is 7.05 Å². The fraction of sp³-hybridized carbons (Fsp3) is 0.333. The Labute approximate surface area is 127 Å². The fourth-order valence-electron chi connectivity index (χ4n) is 1.73. The molecule has 0 aliphatic rings. The van der Waals surface area contributed by atoms with E-state index >= 15 is 0 Å². The second-order valence-electron chi connectivity index (χ2n) is 4.54. The first-order chi connectivity index (χ1) is 10.1. The van der Waals surface area contributed by atoms with Crippen molar-refractivity contribution in [3.63, 3.8) is 0 Å². The largest absolute Gasteiger partial charge is 0.395 e. The number of amides is 1. The van der Waals surface area contributed by atoms with Crippen molar-refractivity contribution in [3.05, 3.63) is 39.6 Å². The molecule has 2 rings (SSSR count). The molecular formula is C15H17N3O2S. The average Bonchev–Trinajstić information content (AvgIpc) is 3.03. The van der Waals surface area contributed by atoms with Gasteiger partial charge in [-0.2, -0.15) is 0 Å². The van der Waals surface area contributed by atoms with E-state index in [0.29, 0.717) is 17.8 Å². The van der Waals surface area contributed by atoms with Crippen molar-refractivity contribution >= 4 is 17.2 Å². The van der Waals surface area contributed by atoms with Crippen LogP contribution < -0.4 is 5.32 Å². The number of aryl methyl sites for hydroxylation is 2. The van der Waals surface area contributed by atoms with Crippen molar-refractivity contribution < 1.29 is 9.90 Å². The minimum absolute atomic E-state index is 0.0500. The summed E-state index contributed by atoms with van der Waals surface area (Å²) in [6, 6.07) is 1.83. The molecule has 0 atom stereocenters. The number of hydrogen-bond acceptors (Lipinski definition) is 4. The topological polar surface area (TPSA) is 67.2 Å². The molecule has 21 heavy (non-hydrogen) atoms. The Morgan fingerprint density at radius 2 is 2.38 bits per heavy atom. The number of thiophene rings is 1. The van der Waals surface area contributed by atoms with Crippen LogP contribution in [0.1, 0.15) is 32.4 Å². The molecule has 0 fully saturated rings. The maximum atomic E-state index is 12.1. The molecule has 0 saturated heterocycles. The predicted molar refractivity (Wildman–Crippen MR) is 82.0 cm³/mol. The summed E-state index contributed by atoms with van der Waals surface area (Å²) in [5.74, 6) is 6.53. The van der Waals surface area contributed by atoms with Gasteiger partial charge >= 0.3 is 0 Å². The van der Waals surface area contributed by atoms with Gasteiger partial charge in [0.2, 0.25) is 0 Å². The molecule has 5 nitrogen and oxygen atoms in total. The molecule has 110 valence electrons. The van der Waals surface area contributed by atoms with Crippen molar-refractivity contribution in [2.75, 3.05) is 6.61 Å². The van der Waals surface area contributed by atoms with Gasteiger partial charge in [-0.1, -0.05) is 11.8 Å². The van der Waals surface area contributed by atoms with E-state index in [1.54, 1.807) is 6.20 Å². The van der Waals surface area contributed by atoms with Crippen LogP contribution in [0.2, 0.25) is 0 Å². The van der Waals surface area contributed by atoms with E-state index in [0.717, 1.165) is 16.3 Å². The molecule has 0 saturated carbocycles. The van der Waals surface area contributed by atoms with E-state index < -0.39 is 0 Å². The van der Waals surface area contributed by atoms with E-state index in [4.69, 9.17) is 5.11 Å². The molecular weight excluding hydrogens is 286 g/mol. The van der Waals surface area contributed by atoms with E-state index in [1.807, 2.05) is 30.8 Å². The summed E-state index contributed by atoms with van der Waals surface area (Å²) in [5.41, 5.74) is 0.979. The zero-order valence-corrected chi connectivity index (χ0v) is 12.8. The number of rotatable bonds is 4. The van der Waals surface area contributed by atoms with Gasteiger partial charge in [-0.15, -0.1) is 11.3 Å². The summed E-state index contributed by atoms with van der Waals surface area (Å²) in [7, 11) is 1.89. The Morgan fingerprint density at radius 1 is 1.57 bits per heavy atom. The molecule has 2 aromatic heterocycles. The van der Waals surface area contributed by atoms with E-state index in [2.05, 4.69) is 22.1 Å². The van der Waals surface area contributed by atoms with Gasteiger partial charge in [0, 0.05) is 25.9 Å². The molecule has 0 bridgehead atoms. The Hall–Kier alpha value is -2.10. The van der Waals surface area contributed by atoms with Gasteiger partial charge < -0.3 is 15.0 Å². The molecule has 6 heteroatoms. The van der Waals surface area contributed by atoms with Gasteiger partial charge in [0.15, 0.2) is 0 Å². The lowest BCUT2D eigenvalue weighted by atomic mass is 10.2. The van der Waals surface area contributed by atoms with Crippen molar-refractivity contribution in [1.29, 1.82) is 0 Å². The highest BCUT2D eigenvalue weighted by atomic mass is 32.1. The maximum Gasteiger partial charge on any atom is 0.261 e. The monoisotopic (exact) mass is 303 g/mol. The SMILES string of the molecule is Cc1cc(C(=O)NCc2nccn2C)sc1C#CCCO. The predicted octanol–water partition coefficient (Wildman–Crippen LogP) is 1.45. The van der Waals surface area contributed by atoms with E-state index in [1.165, 1.54) is 11.3 Å². The lowest BCUT2D eigenvalue weighted by Gasteiger charge is -2.03. The Morgan fingerprint density at radius 3 is 3.05 bits per heavy atom. The molecule has 0 unspecified atom stereocenters. The summed E-state index contributed by atoms with van der Waals surface area (Å²) in [6.07, 6.45) is 3.98. The molecule has 0 spiro atoms. The van der Waals surface area contributed by atoms with Crippen molar-refractivity contribution in [3.8, 4) is 11.8 Å². The van der Waals surface area contributed by atoms with Crippen LogP contribution in [0.4, 0.5) is 0 Å². The standard InChI is InChI=1S/C15H17N3O2S/c1-11-9-13(21-12(11)5-3-4-8-19)15(20)17-10-14-16-6-7-18(14)2/h6-7,9,19H,4,8,10H2,1-2H3,(H,17,20). The molecule has 0 aliphatic heterocycles. The summed E-state index contributed by atoms with van der Waals surface area (Å²) >= 11 is 1.36. The van der Waals surface area contributed by atoms with Crippen LogP contribution in [0, 0.1) is 18.8 Å². The third kappa shape index (κ3) is 3.94. The number of aromatic nitrogens is 2. The van der Waals surface area contributed by atoms with Gasteiger partial charge in [0.1, 0.15) is 5.82 Å². The van der Waals surface area contributed by atoms with Crippen molar-refractivity contribution in [2.45, 2.75) is 19.9 Å². The van der Waals surface area contributed by atoms with E-state index in [9.17, 15) is 4.79 Å². The average molecular weight is 303 g/mol. The number of hydrogen-bond donors (Lipinski definition) is 2. The summed E-state index contributed by atoms with van der Waals surface area (Å²) in [6.45, 7) is 2.37. The molecule has 2 N–H and O–H groups in total. The minimum atomic E-state index is -0.124. The highest BCUT2D eigenvalue weighted by Crippen LogP contribution is 2.21. The first kappa shape index (κ1) is 15.3. The third-order valence-corrected chi connectivity index (χ3v) is 4.06. The molecule has 0 aromatic carbocycles. The molecule has 1 amide bonds. The van der Waals surface area contributed by atoms with Gasteiger partial charge in [-0.3, -0.25) is 4.79 Å². The normalized spacial score (nSPS) is 10.0. The highest BCUT2D eigenvalue weighted by molar-refractivity contribution is 7.14. The summed E-state index contributed by atoms with van der Waals surface area (Å²) < 4.78 is 1.87. The maximum absolute atomic E-state index is 12.1. The Kier molecular flexibility index (Phi) is 5.14. The zero-order valence-electron chi connectivity index (χ0n) is 12.0. The number of carbonyl (C=O) groups is 1. The summed E-state index contributed by atoms with van der Waals surface area (Å²) in [4.78, 5) is 17.8. The minimum Gasteiger partial charge on any atom is -0.395 e. The molecule has 0 aliphatic carbocycles. The van der Waals surface area contributed by atoms with Crippen LogP contribution in [-0.4, -0.2) is 27.2 Å². The second-order valence-corrected chi connectivity index (χ2v) is 5.59. The van der Waals surface area contributed by atoms with Crippen LogP contribution in [0.5, 0.6) is 0 Å². The van der Waals surface area contributed by atoms with Gasteiger partial charge in [-0.05, 0) is 18.6 Å². The zero-order chi connectivity index (χ0) is 15.2. The first-order valence-corrected chi connectivity index (χ1v) is 7.38. The van der Waals surface area contributed by atoms with Crippen LogP contribution in [0.25, 0.3) is 0 Å². The number of carbonyl (C=O) groups excluding carboxylic acids is 1. The molecule has 0 radical (unpaired) electrons. The smallest absolute Gasteiger partial charge is 0.261 e. The fourth-order valence-corrected chi connectivity index (χ4v) is 2.69. The molecule has 2 aromatic rings. The summed E-state index contributed by atoms with van der Waals surface area (Å²) in [5, 5.41) is 11.6. The van der Waals surface area contributed by atoms with Crippen LogP contribution in [-0.2, 0) is 13.6 Å². The number of aliphatic hydroxyl groups is 1.